The van der Waals surface area contributed by atoms with Crippen LogP contribution >= 0.6 is 22.7 Å². The van der Waals surface area contributed by atoms with Crippen molar-refractivity contribution in [2.45, 2.75) is 12.8 Å². The topological polar surface area (TPSA) is 80.9 Å². The predicted molar refractivity (Wildman–Crippen MR) is 69.3 cm³/mol. The fraction of sp³-hybridized carbons (Fsp3) is 0.300. The number of hydrogen-bond donors (Lipinski definition) is 2. The Morgan fingerprint density at radius 1 is 1.47 bits per heavy atom. The average Bonchev–Trinajstić information content (AvgIpc) is 2.95. The molecule has 0 aliphatic heterocycles. The summed E-state index contributed by atoms with van der Waals surface area (Å²) >= 11 is 2.83. The van der Waals surface area contributed by atoms with Crippen LogP contribution in [0.1, 0.15) is 21.1 Å². The predicted octanol–water partition coefficient (Wildman–Crippen LogP) is 1.54. The monoisotopic (exact) mass is 268 g/mol. The number of aryl methyl sites for hydroxylation is 1. The Morgan fingerprint density at radius 3 is 3.00 bits per heavy atom. The fourth-order valence-electron chi connectivity index (χ4n) is 1.30. The molecule has 0 saturated heterocycles. The van der Waals surface area contributed by atoms with E-state index in [2.05, 4.69) is 15.5 Å². The lowest BCUT2D eigenvalue weighted by Gasteiger charge is -2.01. The summed E-state index contributed by atoms with van der Waals surface area (Å²) in [5.41, 5.74) is 5.47. The maximum absolute atomic E-state index is 11.6. The lowest BCUT2D eigenvalue weighted by atomic mass is 10.3. The van der Waals surface area contributed by atoms with Crippen molar-refractivity contribution < 1.29 is 4.79 Å². The zero-order chi connectivity index (χ0) is 12.1. The zero-order valence-electron chi connectivity index (χ0n) is 9.05. The number of nitrogens with zero attached hydrogens (tertiary/aromatic N) is 2. The quantitative estimate of drug-likeness (QED) is 0.806. The second-order valence-corrected chi connectivity index (χ2v) is 5.41. The van der Waals surface area contributed by atoms with Gasteiger partial charge >= 0.3 is 0 Å². The van der Waals surface area contributed by atoms with Gasteiger partial charge < -0.3 is 11.1 Å². The van der Waals surface area contributed by atoms with Gasteiger partial charge in [-0.2, -0.15) is 0 Å². The molecule has 7 heteroatoms. The second kappa shape index (κ2) is 5.74. The van der Waals surface area contributed by atoms with Crippen LogP contribution in [0.3, 0.4) is 0 Å². The molecule has 0 aliphatic rings. The van der Waals surface area contributed by atoms with E-state index >= 15 is 0 Å². The van der Waals surface area contributed by atoms with Gasteiger partial charge in [-0.05, 0) is 17.9 Å². The first-order valence-corrected chi connectivity index (χ1v) is 6.85. The molecule has 1 amide bonds. The molecule has 5 nitrogen and oxygen atoms in total. The summed E-state index contributed by atoms with van der Waals surface area (Å²) in [5.74, 6) is -0.0169. The molecule has 17 heavy (non-hydrogen) atoms. The summed E-state index contributed by atoms with van der Waals surface area (Å²) in [6.07, 6.45) is 1.63. The molecule has 0 unspecified atom stereocenters. The molecule has 0 radical (unpaired) electrons. The van der Waals surface area contributed by atoms with Crippen LogP contribution < -0.4 is 11.1 Å². The third-order valence-corrected chi connectivity index (χ3v) is 3.76. The Labute approximate surface area is 107 Å². The molecule has 0 saturated carbocycles. The molecule has 2 rings (SSSR count). The molecular weight excluding hydrogens is 256 g/mol. The molecule has 2 aromatic heterocycles. The highest BCUT2D eigenvalue weighted by Crippen LogP contribution is 2.12. The minimum absolute atomic E-state index is 0.0169. The summed E-state index contributed by atoms with van der Waals surface area (Å²) in [7, 11) is 0. The number of nitrogens with one attached hydrogen (secondary N) is 1. The number of hydrogen-bond acceptors (Lipinski definition) is 6. The van der Waals surface area contributed by atoms with Gasteiger partial charge in [-0.3, -0.25) is 4.79 Å². The molecule has 90 valence electrons. The van der Waals surface area contributed by atoms with Crippen LogP contribution in [0.2, 0.25) is 0 Å². The van der Waals surface area contributed by atoms with Crippen molar-refractivity contribution in [1.82, 2.24) is 15.5 Å². The Hall–Kier alpha value is -1.47. The molecule has 0 atom stereocenters. The van der Waals surface area contributed by atoms with Crippen molar-refractivity contribution in [3.8, 4) is 0 Å². The van der Waals surface area contributed by atoms with E-state index in [1.807, 2.05) is 17.5 Å². The van der Waals surface area contributed by atoms with Crippen LogP contribution in [0.4, 0.5) is 5.13 Å². The molecule has 0 spiro atoms. The number of thiophene rings is 1. The number of carbonyl (C=O) groups is 1. The number of anilines is 1. The first kappa shape index (κ1) is 12.0. The number of amides is 1. The smallest absolute Gasteiger partial charge is 0.261 e. The van der Waals surface area contributed by atoms with Gasteiger partial charge in [0.1, 0.15) is 5.01 Å². The van der Waals surface area contributed by atoms with Crippen molar-refractivity contribution in [2.24, 2.45) is 0 Å². The lowest BCUT2D eigenvalue weighted by Crippen LogP contribution is -2.23. The number of nitrogens with two attached hydrogens (primary N) is 1. The maximum Gasteiger partial charge on any atom is 0.261 e. The molecule has 3 N–H and O–H groups in total. The van der Waals surface area contributed by atoms with Gasteiger partial charge in [0.05, 0.1) is 4.88 Å². The lowest BCUT2D eigenvalue weighted by molar-refractivity contribution is 0.0957. The first-order chi connectivity index (χ1) is 8.25. The summed E-state index contributed by atoms with van der Waals surface area (Å²) in [6.45, 7) is 0.635. The standard InChI is InChI=1S/C10H12N4OS2/c11-10-14-13-8(17-10)4-1-5-12-9(15)7-3-2-6-16-7/h2-3,6H,1,4-5H2,(H2,11,14)(H,12,15). The Morgan fingerprint density at radius 2 is 2.35 bits per heavy atom. The van der Waals surface area contributed by atoms with E-state index in [4.69, 9.17) is 5.73 Å². The van der Waals surface area contributed by atoms with E-state index in [-0.39, 0.29) is 5.91 Å². The van der Waals surface area contributed by atoms with E-state index in [0.29, 0.717) is 11.7 Å². The van der Waals surface area contributed by atoms with Gasteiger partial charge in [-0.25, -0.2) is 0 Å². The highest BCUT2D eigenvalue weighted by Gasteiger charge is 2.05. The van der Waals surface area contributed by atoms with Crippen LogP contribution in [0.25, 0.3) is 0 Å². The highest BCUT2D eigenvalue weighted by atomic mass is 32.1. The fourth-order valence-corrected chi connectivity index (χ4v) is 2.60. The first-order valence-electron chi connectivity index (χ1n) is 5.15. The van der Waals surface area contributed by atoms with Crippen LogP contribution in [0, 0.1) is 0 Å². The molecule has 0 bridgehead atoms. The van der Waals surface area contributed by atoms with Gasteiger partial charge in [-0.15, -0.1) is 21.5 Å². The van der Waals surface area contributed by atoms with Gasteiger partial charge in [0.2, 0.25) is 5.13 Å². The Bertz CT molecular complexity index is 480. The van der Waals surface area contributed by atoms with Crippen molar-refractivity contribution in [1.29, 1.82) is 0 Å². The van der Waals surface area contributed by atoms with Crippen molar-refractivity contribution >= 4 is 33.7 Å². The summed E-state index contributed by atoms with van der Waals surface area (Å²) in [6, 6.07) is 3.68. The van der Waals surface area contributed by atoms with Crippen LogP contribution in [-0.4, -0.2) is 22.6 Å². The molecule has 2 aromatic rings. The van der Waals surface area contributed by atoms with Gasteiger partial charge in [0.15, 0.2) is 0 Å². The van der Waals surface area contributed by atoms with Gasteiger partial charge in [-0.1, -0.05) is 17.4 Å². The number of carbonyl (C=O) groups excluding carboxylic acids is 1. The van der Waals surface area contributed by atoms with Crippen LogP contribution in [-0.2, 0) is 6.42 Å². The zero-order valence-corrected chi connectivity index (χ0v) is 10.7. The van der Waals surface area contributed by atoms with E-state index in [0.717, 1.165) is 22.7 Å². The van der Waals surface area contributed by atoms with Gasteiger partial charge in [0, 0.05) is 13.0 Å². The van der Waals surface area contributed by atoms with E-state index in [1.54, 1.807) is 0 Å². The van der Waals surface area contributed by atoms with Crippen molar-refractivity contribution in [3.63, 3.8) is 0 Å². The number of nitrogen functional groups attached to an aromatic ring is 1. The van der Waals surface area contributed by atoms with Crippen LogP contribution in [0.5, 0.6) is 0 Å². The Balaban J connectivity index is 1.68. The summed E-state index contributed by atoms with van der Waals surface area (Å²) < 4.78 is 0. The maximum atomic E-state index is 11.6. The third-order valence-electron chi connectivity index (χ3n) is 2.08. The Kier molecular flexibility index (Phi) is 4.05. The molecule has 2 heterocycles. The minimum Gasteiger partial charge on any atom is -0.374 e. The van der Waals surface area contributed by atoms with E-state index in [9.17, 15) is 4.79 Å². The molecular formula is C10H12N4OS2. The van der Waals surface area contributed by atoms with Crippen molar-refractivity contribution in [3.05, 3.63) is 27.4 Å². The SMILES string of the molecule is Nc1nnc(CCCNC(=O)c2cccs2)s1. The van der Waals surface area contributed by atoms with Crippen LogP contribution in [0.15, 0.2) is 17.5 Å². The number of aromatic nitrogens is 2. The molecule has 0 fully saturated rings. The summed E-state index contributed by atoms with van der Waals surface area (Å²) in [4.78, 5) is 12.3. The minimum atomic E-state index is -0.0169. The highest BCUT2D eigenvalue weighted by molar-refractivity contribution is 7.15. The molecule has 0 aromatic carbocycles. The van der Waals surface area contributed by atoms with Gasteiger partial charge in [0.25, 0.3) is 5.91 Å². The normalized spacial score (nSPS) is 10.4. The average molecular weight is 268 g/mol. The van der Waals surface area contributed by atoms with E-state index < -0.39 is 0 Å². The number of rotatable bonds is 5. The molecule has 0 aliphatic carbocycles. The van der Waals surface area contributed by atoms with Crippen molar-refractivity contribution in [2.75, 3.05) is 12.3 Å². The van der Waals surface area contributed by atoms with E-state index in [1.165, 1.54) is 22.7 Å². The second-order valence-electron chi connectivity index (χ2n) is 3.37. The summed E-state index contributed by atoms with van der Waals surface area (Å²) in [5, 5.41) is 13.8. The largest absolute Gasteiger partial charge is 0.374 e. The third kappa shape index (κ3) is 3.50.